The number of likely N-dealkylation sites (tertiary alicyclic amines) is 1. The first-order valence-electron chi connectivity index (χ1n) is 7.90. The summed E-state index contributed by atoms with van der Waals surface area (Å²) in [5.41, 5.74) is 7.75. The van der Waals surface area contributed by atoms with Crippen molar-refractivity contribution in [1.29, 1.82) is 0 Å². The van der Waals surface area contributed by atoms with E-state index < -0.39 is 0 Å². The molecule has 1 aliphatic heterocycles. The lowest BCUT2D eigenvalue weighted by molar-refractivity contribution is 0.0618. The minimum atomic E-state index is -0.0532. The number of benzene rings is 1. The zero-order chi connectivity index (χ0) is 16.4. The summed E-state index contributed by atoms with van der Waals surface area (Å²) in [7, 11) is 0. The Bertz CT molecular complexity index is 692. The molecule has 1 saturated heterocycles. The van der Waals surface area contributed by atoms with Gasteiger partial charge in [0.15, 0.2) is 5.78 Å². The second-order valence-corrected chi connectivity index (χ2v) is 6.14. The van der Waals surface area contributed by atoms with E-state index in [4.69, 9.17) is 5.73 Å². The minimum absolute atomic E-state index is 0.00467. The molecule has 1 aromatic heterocycles. The highest BCUT2D eigenvalue weighted by molar-refractivity contribution is 6.09. The normalized spacial score (nSPS) is 21.2. The van der Waals surface area contributed by atoms with Crippen LogP contribution in [0.3, 0.4) is 0 Å². The Balaban J connectivity index is 1.74. The zero-order valence-electron chi connectivity index (χ0n) is 13.2. The largest absolute Gasteiger partial charge is 0.367 e. The molecule has 1 fully saturated rings. The minimum Gasteiger partial charge on any atom is -0.367 e. The molecule has 0 aliphatic carbocycles. The molecule has 1 aliphatic rings. The molecule has 0 saturated carbocycles. The van der Waals surface area contributed by atoms with E-state index in [0.717, 1.165) is 12.8 Å². The molecule has 3 N–H and O–H groups in total. The number of rotatable bonds is 3. The fraction of sp³-hybridized carbons (Fsp3) is 0.333. The number of hydrogen-bond acceptors (Lipinski definition) is 3. The lowest BCUT2D eigenvalue weighted by atomic mass is 9.97. The highest BCUT2D eigenvalue weighted by atomic mass is 16.2. The first kappa shape index (κ1) is 15.5. The number of hydrogen-bond donors (Lipinski definition) is 2. The number of nitrogens with two attached hydrogens (primary N) is 1. The summed E-state index contributed by atoms with van der Waals surface area (Å²) in [5, 5.41) is 0. The SMILES string of the molecule is C[C@@H]1C[C@H](N)CCN1C(=O)c1ccc(C(=O)c2cc[nH]c2)cc1. The lowest BCUT2D eigenvalue weighted by Gasteiger charge is -2.36. The summed E-state index contributed by atoms with van der Waals surface area (Å²) in [6.45, 7) is 2.71. The zero-order valence-corrected chi connectivity index (χ0v) is 13.2. The van der Waals surface area contributed by atoms with Crippen LogP contribution in [0.5, 0.6) is 0 Å². The van der Waals surface area contributed by atoms with E-state index in [-0.39, 0.29) is 23.8 Å². The number of ketones is 1. The Kier molecular flexibility index (Phi) is 4.30. The molecule has 2 heterocycles. The van der Waals surface area contributed by atoms with E-state index in [1.807, 2.05) is 11.8 Å². The number of carbonyl (C=O) groups is 2. The molecule has 0 spiro atoms. The van der Waals surface area contributed by atoms with Crippen molar-refractivity contribution in [2.45, 2.75) is 31.8 Å². The second kappa shape index (κ2) is 6.38. The van der Waals surface area contributed by atoms with Crippen LogP contribution in [-0.2, 0) is 0 Å². The molecule has 23 heavy (non-hydrogen) atoms. The molecule has 0 bridgehead atoms. The number of aromatic amines is 1. The number of H-pyrrole nitrogens is 1. The van der Waals surface area contributed by atoms with Gasteiger partial charge in [-0.05, 0) is 38.0 Å². The molecule has 2 atom stereocenters. The topological polar surface area (TPSA) is 79.2 Å². The van der Waals surface area contributed by atoms with Gasteiger partial charge in [0, 0.05) is 47.7 Å². The van der Waals surface area contributed by atoms with Gasteiger partial charge in [0.1, 0.15) is 0 Å². The first-order chi connectivity index (χ1) is 11.1. The summed E-state index contributed by atoms with van der Waals surface area (Å²) in [5.74, 6) is -0.0485. The number of amides is 1. The predicted octanol–water partition coefficient (Wildman–Crippen LogP) is 2.20. The van der Waals surface area contributed by atoms with Gasteiger partial charge in [-0.1, -0.05) is 12.1 Å². The molecular weight excluding hydrogens is 290 g/mol. The van der Waals surface area contributed by atoms with Crippen molar-refractivity contribution in [3.05, 3.63) is 59.4 Å². The van der Waals surface area contributed by atoms with Gasteiger partial charge < -0.3 is 15.6 Å². The Morgan fingerprint density at radius 1 is 1.13 bits per heavy atom. The quantitative estimate of drug-likeness (QED) is 0.853. The van der Waals surface area contributed by atoms with Crippen LogP contribution in [0.4, 0.5) is 0 Å². The van der Waals surface area contributed by atoms with E-state index in [1.165, 1.54) is 0 Å². The summed E-state index contributed by atoms with van der Waals surface area (Å²) in [4.78, 5) is 29.6. The van der Waals surface area contributed by atoms with Crippen LogP contribution >= 0.6 is 0 Å². The highest BCUT2D eigenvalue weighted by Gasteiger charge is 2.27. The molecule has 1 aromatic carbocycles. The Morgan fingerprint density at radius 3 is 2.43 bits per heavy atom. The Morgan fingerprint density at radius 2 is 1.83 bits per heavy atom. The summed E-state index contributed by atoms with van der Waals surface area (Å²) in [6, 6.07) is 8.93. The third kappa shape index (κ3) is 3.19. The van der Waals surface area contributed by atoms with Crippen molar-refractivity contribution < 1.29 is 9.59 Å². The maximum Gasteiger partial charge on any atom is 0.254 e. The van der Waals surface area contributed by atoms with E-state index in [1.54, 1.807) is 42.7 Å². The van der Waals surface area contributed by atoms with E-state index >= 15 is 0 Å². The fourth-order valence-electron chi connectivity index (χ4n) is 3.07. The monoisotopic (exact) mass is 311 g/mol. The lowest BCUT2D eigenvalue weighted by Crippen LogP contribution is -2.48. The summed E-state index contributed by atoms with van der Waals surface area (Å²) >= 11 is 0. The molecule has 1 amide bonds. The van der Waals surface area contributed by atoms with Crippen LogP contribution in [-0.4, -0.2) is 40.2 Å². The summed E-state index contributed by atoms with van der Waals surface area (Å²) in [6.07, 6.45) is 5.05. The van der Waals surface area contributed by atoms with E-state index in [9.17, 15) is 9.59 Å². The van der Waals surface area contributed by atoms with Crippen LogP contribution in [0.1, 0.15) is 46.0 Å². The van der Waals surface area contributed by atoms with Gasteiger partial charge in [0.05, 0.1) is 0 Å². The van der Waals surface area contributed by atoms with Crippen molar-refractivity contribution in [1.82, 2.24) is 9.88 Å². The molecule has 120 valence electrons. The smallest absolute Gasteiger partial charge is 0.254 e. The number of piperidine rings is 1. The van der Waals surface area contributed by atoms with Crippen LogP contribution in [0, 0.1) is 0 Å². The molecular formula is C18H21N3O2. The molecule has 0 unspecified atom stereocenters. The van der Waals surface area contributed by atoms with Crippen LogP contribution in [0.25, 0.3) is 0 Å². The van der Waals surface area contributed by atoms with Gasteiger partial charge in [-0.25, -0.2) is 0 Å². The van der Waals surface area contributed by atoms with E-state index in [0.29, 0.717) is 23.2 Å². The average molecular weight is 311 g/mol. The third-order valence-electron chi connectivity index (χ3n) is 4.43. The van der Waals surface area contributed by atoms with Gasteiger partial charge in [0.25, 0.3) is 5.91 Å². The van der Waals surface area contributed by atoms with Gasteiger partial charge in [-0.15, -0.1) is 0 Å². The number of aromatic nitrogens is 1. The third-order valence-corrected chi connectivity index (χ3v) is 4.43. The average Bonchev–Trinajstić information content (AvgIpc) is 3.08. The van der Waals surface area contributed by atoms with Crippen molar-refractivity contribution in [3.8, 4) is 0 Å². The van der Waals surface area contributed by atoms with Gasteiger partial charge in [-0.3, -0.25) is 9.59 Å². The van der Waals surface area contributed by atoms with Crippen molar-refractivity contribution in [2.75, 3.05) is 6.54 Å². The van der Waals surface area contributed by atoms with Crippen LogP contribution in [0.2, 0.25) is 0 Å². The molecule has 5 heteroatoms. The molecule has 3 rings (SSSR count). The van der Waals surface area contributed by atoms with Gasteiger partial charge >= 0.3 is 0 Å². The predicted molar refractivity (Wildman–Crippen MR) is 88.4 cm³/mol. The van der Waals surface area contributed by atoms with Gasteiger partial charge in [0.2, 0.25) is 0 Å². The Labute approximate surface area is 135 Å². The first-order valence-corrected chi connectivity index (χ1v) is 7.90. The highest BCUT2D eigenvalue weighted by Crippen LogP contribution is 2.19. The number of nitrogens with one attached hydrogen (secondary N) is 1. The molecule has 5 nitrogen and oxygen atoms in total. The maximum atomic E-state index is 12.6. The fourth-order valence-corrected chi connectivity index (χ4v) is 3.07. The van der Waals surface area contributed by atoms with Crippen LogP contribution < -0.4 is 5.73 Å². The Hall–Kier alpha value is -2.40. The number of nitrogens with zero attached hydrogens (tertiary/aromatic N) is 1. The van der Waals surface area contributed by atoms with Gasteiger partial charge in [-0.2, -0.15) is 0 Å². The number of carbonyl (C=O) groups excluding carboxylic acids is 2. The second-order valence-electron chi connectivity index (χ2n) is 6.14. The van der Waals surface area contributed by atoms with Crippen molar-refractivity contribution in [3.63, 3.8) is 0 Å². The summed E-state index contributed by atoms with van der Waals surface area (Å²) < 4.78 is 0. The maximum absolute atomic E-state index is 12.6. The molecule has 2 aromatic rings. The van der Waals surface area contributed by atoms with E-state index in [2.05, 4.69) is 4.98 Å². The standard InChI is InChI=1S/C18H21N3O2/c1-12-10-16(19)7-9-21(12)18(23)14-4-2-13(3-5-14)17(22)15-6-8-20-11-15/h2-6,8,11-12,16,20H,7,9-10,19H2,1H3/t12-,16-/m1/s1. The van der Waals surface area contributed by atoms with Crippen molar-refractivity contribution >= 4 is 11.7 Å². The molecule has 0 radical (unpaired) electrons. The van der Waals surface area contributed by atoms with Crippen molar-refractivity contribution in [2.24, 2.45) is 5.73 Å². The van der Waals surface area contributed by atoms with Crippen LogP contribution in [0.15, 0.2) is 42.7 Å².